The van der Waals surface area contributed by atoms with Gasteiger partial charge in [0.25, 0.3) is 5.56 Å². The lowest BCUT2D eigenvalue weighted by Crippen LogP contribution is -2.24. The fraction of sp³-hybridized carbons (Fsp3) is 0.267. The van der Waals surface area contributed by atoms with Crippen LogP contribution in [0.3, 0.4) is 0 Å². The van der Waals surface area contributed by atoms with Crippen molar-refractivity contribution < 1.29 is 4.74 Å². The number of hydrogen-bond donors (Lipinski definition) is 1. The highest BCUT2D eigenvalue weighted by atomic mass is 16.5. The molecule has 0 aliphatic carbocycles. The second-order valence-electron chi connectivity index (χ2n) is 4.33. The van der Waals surface area contributed by atoms with E-state index in [9.17, 15) is 4.79 Å². The predicted octanol–water partition coefficient (Wildman–Crippen LogP) is 2.52. The number of aromatic nitrogens is 1. The molecule has 0 saturated carbocycles. The van der Waals surface area contributed by atoms with E-state index in [1.54, 1.807) is 17.7 Å². The summed E-state index contributed by atoms with van der Waals surface area (Å²) in [6.45, 7) is 2.67. The molecule has 1 heterocycles. The Kier molecular flexibility index (Phi) is 3.90. The molecule has 0 radical (unpaired) electrons. The number of para-hydroxylation sites is 1. The largest absolute Gasteiger partial charge is 0.496 e. The molecule has 1 aromatic carbocycles. The molecular weight excluding hydrogens is 240 g/mol. The van der Waals surface area contributed by atoms with Crippen molar-refractivity contribution in [1.82, 2.24) is 4.57 Å². The second-order valence-corrected chi connectivity index (χ2v) is 4.33. The minimum absolute atomic E-state index is 0.148. The van der Waals surface area contributed by atoms with Gasteiger partial charge in [-0.2, -0.15) is 0 Å². The molecule has 0 unspecified atom stereocenters. The first-order valence-corrected chi connectivity index (χ1v) is 6.31. The number of nitrogens with zero attached hydrogens (tertiary/aromatic N) is 1. The molecule has 0 aliphatic rings. The van der Waals surface area contributed by atoms with Gasteiger partial charge in [-0.15, -0.1) is 0 Å². The molecule has 0 spiro atoms. The topological polar surface area (TPSA) is 57.2 Å². The Balaban J connectivity index is 2.68. The molecule has 2 aromatic rings. The first-order valence-electron chi connectivity index (χ1n) is 6.31. The van der Waals surface area contributed by atoms with E-state index < -0.39 is 0 Å². The normalized spacial score (nSPS) is 10.4. The molecule has 2 N–H and O–H groups in total. The van der Waals surface area contributed by atoms with Gasteiger partial charge in [0.15, 0.2) is 0 Å². The van der Waals surface area contributed by atoms with Crippen molar-refractivity contribution in [3.8, 4) is 17.0 Å². The third-order valence-corrected chi connectivity index (χ3v) is 3.03. The second kappa shape index (κ2) is 5.61. The fourth-order valence-electron chi connectivity index (χ4n) is 2.13. The Morgan fingerprint density at radius 2 is 1.95 bits per heavy atom. The van der Waals surface area contributed by atoms with Gasteiger partial charge in [0.05, 0.1) is 18.5 Å². The summed E-state index contributed by atoms with van der Waals surface area (Å²) in [5.74, 6) is 0.747. The molecule has 0 saturated heterocycles. The summed E-state index contributed by atoms with van der Waals surface area (Å²) < 4.78 is 7.06. The van der Waals surface area contributed by atoms with Crippen LogP contribution in [-0.2, 0) is 6.54 Å². The monoisotopic (exact) mass is 258 g/mol. The minimum Gasteiger partial charge on any atom is -0.496 e. The highest BCUT2D eigenvalue weighted by Crippen LogP contribution is 2.29. The van der Waals surface area contributed by atoms with Gasteiger partial charge in [-0.3, -0.25) is 4.79 Å². The number of pyridine rings is 1. The van der Waals surface area contributed by atoms with Gasteiger partial charge in [-0.25, -0.2) is 0 Å². The van der Waals surface area contributed by atoms with Crippen molar-refractivity contribution in [1.29, 1.82) is 0 Å². The SMILES string of the molecule is CCCn1c(-c2ccccc2OC)ccc(N)c1=O. The minimum atomic E-state index is -0.148. The zero-order valence-corrected chi connectivity index (χ0v) is 11.2. The van der Waals surface area contributed by atoms with Crippen molar-refractivity contribution in [3.63, 3.8) is 0 Å². The molecule has 19 heavy (non-hydrogen) atoms. The van der Waals surface area contributed by atoms with Crippen LogP contribution < -0.4 is 16.0 Å². The Morgan fingerprint density at radius 3 is 2.63 bits per heavy atom. The maximum absolute atomic E-state index is 12.1. The number of anilines is 1. The van der Waals surface area contributed by atoms with E-state index in [0.717, 1.165) is 23.4 Å². The van der Waals surface area contributed by atoms with Crippen molar-refractivity contribution >= 4 is 5.69 Å². The van der Waals surface area contributed by atoms with Crippen LogP contribution in [0.25, 0.3) is 11.3 Å². The third-order valence-electron chi connectivity index (χ3n) is 3.03. The highest BCUT2D eigenvalue weighted by Gasteiger charge is 2.11. The lowest BCUT2D eigenvalue weighted by Gasteiger charge is -2.15. The van der Waals surface area contributed by atoms with Crippen LogP contribution in [0.15, 0.2) is 41.2 Å². The zero-order chi connectivity index (χ0) is 13.8. The van der Waals surface area contributed by atoms with Crippen molar-refractivity contribution in [2.45, 2.75) is 19.9 Å². The number of nitrogen functional groups attached to an aromatic ring is 1. The van der Waals surface area contributed by atoms with Gasteiger partial charge in [-0.05, 0) is 30.7 Å². The molecule has 0 bridgehead atoms. The van der Waals surface area contributed by atoms with Crippen LogP contribution >= 0.6 is 0 Å². The molecule has 4 heteroatoms. The molecule has 1 aromatic heterocycles. The Morgan fingerprint density at radius 1 is 1.21 bits per heavy atom. The summed E-state index contributed by atoms with van der Waals surface area (Å²) >= 11 is 0. The third kappa shape index (κ3) is 2.47. The summed E-state index contributed by atoms with van der Waals surface area (Å²) in [6.07, 6.45) is 0.867. The number of methoxy groups -OCH3 is 1. The number of ether oxygens (including phenoxy) is 1. The average Bonchev–Trinajstić information content (AvgIpc) is 2.44. The zero-order valence-electron chi connectivity index (χ0n) is 11.2. The quantitative estimate of drug-likeness (QED) is 0.916. The maximum atomic E-state index is 12.1. The van der Waals surface area contributed by atoms with Crippen LogP contribution in [-0.4, -0.2) is 11.7 Å². The summed E-state index contributed by atoms with van der Waals surface area (Å²) in [4.78, 5) is 12.1. The Labute approximate surface area is 112 Å². The van der Waals surface area contributed by atoms with Crippen LogP contribution in [0.2, 0.25) is 0 Å². The van der Waals surface area contributed by atoms with Crippen LogP contribution in [0.1, 0.15) is 13.3 Å². The average molecular weight is 258 g/mol. The van der Waals surface area contributed by atoms with Crippen molar-refractivity contribution in [3.05, 3.63) is 46.8 Å². The van der Waals surface area contributed by atoms with Gasteiger partial charge in [0, 0.05) is 12.1 Å². The van der Waals surface area contributed by atoms with E-state index >= 15 is 0 Å². The van der Waals surface area contributed by atoms with Gasteiger partial charge in [0.1, 0.15) is 5.75 Å². The molecule has 100 valence electrons. The van der Waals surface area contributed by atoms with E-state index in [1.807, 2.05) is 37.3 Å². The van der Waals surface area contributed by atoms with E-state index in [0.29, 0.717) is 6.54 Å². The van der Waals surface area contributed by atoms with Gasteiger partial charge < -0.3 is 15.0 Å². The fourth-order valence-corrected chi connectivity index (χ4v) is 2.13. The first kappa shape index (κ1) is 13.2. The molecule has 0 aliphatic heterocycles. The van der Waals surface area contributed by atoms with Gasteiger partial charge in [0.2, 0.25) is 0 Å². The maximum Gasteiger partial charge on any atom is 0.274 e. The Bertz CT molecular complexity index is 632. The highest BCUT2D eigenvalue weighted by molar-refractivity contribution is 5.68. The number of nitrogens with two attached hydrogens (primary N) is 1. The lowest BCUT2D eigenvalue weighted by atomic mass is 10.1. The number of benzene rings is 1. The van der Waals surface area contributed by atoms with Crippen LogP contribution in [0.5, 0.6) is 5.75 Å². The van der Waals surface area contributed by atoms with E-state index in [1.165, 1.54) is 0 Å². The molecule has 0 amide bonds. The Hall–Kier alpha value is -2.23. The van der Waals surface area contributed by atoms with Gasteiger partial charge >= 0.3 is 0 Å². The summed E-state index contributed by atoms with van der Waals surface area (Å²) in [5, 5.41) is 0. The molecule has 2 rings (SSSR count). The van der Waals surface area contributed by atoms with Gasteiger partial charge in [-0.1, -0.05) is 19.1 Å². The number of hydrogen-bond acceptors (Lipinski definition) is 3. The van der Waals surface area contributed by atoms with Crippen molar-refractivity contribution in [2.24, 2.45) is 0 Å². The van der Waals surface area contributed by atoms with Crippen LogP contribution in [0, 0.1) is 0 Å². The first-order chi connectivity index (χ1) is 9.19. The number of rotatable bonds is 4. The standard InChI is InChI=1S/C15H18N2O2/c1-3-10-17-13(9-8-12(16)15(17)18)11-6-4-5-7-14(11)19-2/h4-9H,3,10,16H2,1-2H3. The smallest absolute Gasteiger partial charge is 0.274 e. The van der Waals surface area contributed by atoms with Crippen molar-refractivity contribution in [2.75, 3.05) is 12.8 Å². The molecule has 4 nitrogen and oxygen atoms in total. The summed E-state index contributed by atoms with van der Waals surface area (Å²) in [6, 6.07) is 11.2. The summed E-state index contributed by atoms with van der Waals surface area (Å²) in [5.41, 5.74) is 7.56. The van der Waals surface area contributed by atoms with E-state index in [2.05, 4.69) is 0 Å². The summed E-state index contributed by atoms with van der Waals surface area (Å²) in [7, 11) is 1.62. The molecule has 0 atom stereocenters. The van der Waals surface area contributed by atoms with E-state index in [-0.39, 0.29) is 11.2 Å². The van der Waals surface area contributed by atoms with Crippen LogP contribution in [0.4, 0.5) is 5.69 Å². The molecular formula is C15H18N2O2. The predicted molar refractivity (Wildman–Crippen MR) is 77.4 cm³/mol. The molecule has 0 fully saturated rings. The lowest BCUT2D eigenvalue weighted by molar-refractivity contribution is 0.416. The van der Waals surface area contributed by atoms with E-state index in [4.69, 9.17) is 10.5 Å².